The molecule has 4 unspecified atom stereocenters. The largest absolute Gasteiger partial charge is 0.491 e. The van der Waals surface area contributed by atoms with Crippen LogP contribution in [0, 0.1) is 5.92 Å². The number of rotatable bonds is 13. The Hall–Kier alpha value is -1.43. The Morgan fingerprint density at radius 3 is 2.53 bits per heavy atom. The third-order valence-corrected chi connectivity index (χ3v) is 8.52. The summed E-state index contributed by atoms with van der Waals surface area (Å²) in [4.78, 5) is 2.49. The molecule has 3 N–H and O–H groups in total. The molecule has 0 bridgehead atoms. The van der Waals surface area contributed by atoms with E-state index >= 15 is 0 Å². The van der Waals surface area contributed by atoms with Crippen molar-refractivity contribution in [1.82, 2.24) is 15.2 Å². The van der Waals surface area contributed by atoms with Gasteiger partial charge in [0.1, 0.15) is 24.0 Å². The molecule has 0 spiro atoms. The van der Waals surface area contributed by atoms with Gasteiger partial charge in [0.2, 0.25) is 0 Å². The molecular weight excluding hydrogens is 525 g/mol. The van der Waals surface area contributed by atoms with Gasteiger partial charge in [0.05, 0.1) is 11.5 Å². The molecule has 2 aromatic rings. The normalized spacial score (nSPS) is 21.6. The molecule has 1 heterocycles. The first-order valence-electron chi connectivity index (χ1n) is 12.0. The number of benzene rings is 2. The maximum atomic E-state index is 12.7. The number of aliphatic hydroxyl groups is 1. The van der Waals surface area contributed by atoms with E-state index < -0.39 is 27.2 Å². The fourth-order valence-corrected chi connectivity index (χ4v) is 5.30. The molecule has 0 aromatic heterocycles. The predicted octanol–water partition coefficient (Wildman–Crippen LogP) is 3.33. The molecule has 2 aromatic carbocycles. The number of ether oxygens (including phenoxy) is 2. The van der Waals surface area contributed by atoms with E-state index in [9.17, 15) is 13.5 Å². The summed E-state index contributed by atoms with van der Waals surface area (Å²) in [5.41, 5.74) is -0.324. The van der Waals surface area contributed by atoms with E-state index in [0.717, 1.165) is 12.8 Å². The van der Waals surface area contributed by atoms with Crippen molar-refractivity contribution in [3.8, 4) is 5.75 Å². The molecule has 0 aliphatic carbocycles. The Kier molecular flexibility index (Phi) is 11.3. The minimum Gasteiger partial charge on any atom is -0.491 e. The third-order valence-electron chi connectivity index (χ3n) is 6.20. The van der Waals surface area contributed by atoms with Crippen LogP contribution in [0.2, 0.25) is 0 Å². The summed E-state index contributed by atoms with van der Waals surface area (Å²) >= 11 is 12.1. The summed E-state index contributed by atoms with van der Waals surface area (Å²) in [6.45, 7) is 5.33. The minimum atomic E-state index is -3.85. The molecule has 0 saturated carbocycles. The molecule has 8 nitrogen and oxygen atoms in total. The summed E-state index contributed by atoms with van der Waals surface area (Å²) in [6.07, 6.45) is 1.37. The number of morpholine rings is 1. The van der Waals surface area contributed by atoms with E-state index in [1.165, 1.54) is 22.7 Å². The van der Waals surface area contributed by atoms with Gasteiger partial charge in [0.25, 0.3) is 10.0 Å². The van der Waals surface area contributed by atoms with Crippen LogP contribution < -0.4 is 14.9 Å². The number of nitrogens with zero attached hydrogens (tertiary/aromatic N) is 1. The highest BCUT2D eigenvalue weighted by molar-refractivity contribution is 7.89. The number of alkyl halides is 2. The number of hydrogen-bond acceptors (Lipinski definition) is 7. The van der Waals surface area contributed by atoms with Gasteiger partial charge >= 0.3 is 0 Å². The molecule has 0 radical (unpaired) electrons. The lowest BCUT2D eigenvalue weighted by atomic mass is 9.95. The Morgan fingerprint density at radius 1 is 1.14 bits per heavy atom. The van der Waals surface area contributed by atoms with Gasteiger partial charge in [-0.2, -0.15) is 0 Å². The van der Waals surface area contributed by atoms with Gasteiger partial charge in [-0.05, 0) is 55.5 Å². The number of nitrogens with one attached hydrogen (secondary N) is 2. The van der Waals surface area contributed by atoms with Crippen molar-refractivity contribution < 1.29 is 23.0 Å². The second-order valence-corrected chi connectivity index (χ2v) is 11.6. The second kappa shape index (κ2) is 13.9. The highest BCUT2D eigenvalue weighted by atomic mass is 35.5. The average Bonchev–Trinajstić information content (AvgIpc) is 2.88. The van der Waals surface area contributed by atoms with E-state index in [0.29, 0.717) is 18.2 Å². The lowest BCUT2D eigenvalue weighted by molar-refractivity contribution is -0.0118. The van der Waals surface area contributed by atoms with Crippen LogP contribution in [0.25, 0.3) is 0 Å². The van der Waals surface area contributed by atoms with Gasteiger partial charge in [-0.1, -0.05) is 60.5 Å². The van der Waals surface area contributed by atoms with Gasteiger partial charge in [0.15, 0.2) is 5.56 Å². The van der Waals surface area contributed by atoms with E-state index in [1.807, 2.05) is 6.07 Å². The fourth-order valence-electron chi connectivity index (χ4n) is 3.69. The molecule has 36 heavy (non-hydrogen) atoms. The van der Waals surface area contributed by atoms with E-state index in [-0.39, 0.29) is 30.7 Å². The van der Waals surface area contributed by atoms with Crippen molar-refractivity contribution in [3.63, 3.8) is 0 Å². The van der Waals surface area contributed by atoms with Crippen molar-refractivity contribution in [2.24, 2.45) is 5.92 Å². The zero-order valence-corrected chi connectivity index (χ0v) is 22.8. The van der Waals surface area contributed by atoms with Crippen LogP contribution in [0.5, 0.6) is 5.75 Å². The summed E-state index contributed by atoms with van der Waals surface area (Å²) in [5, 5.41) is 15.0. The number of hydrogen-bond donors (Lipinski definition) is 3. The zero-order chi connectivity index (χ0) is 26.1. The van der Waals surface area contributed by atoms with Crippen molar-refractivity contribution in [1.29, 1.82) is 0 Å². The molecular formula is C25H35Cl2N3O5S. The number of sulfonamides is 1. The summed E-state index contributed by atoms with van der Waals surface area (Å²) in [7, 11) is -3.85. The standard InChI is InChI=1S/C25H35Cl2N3O5S/c1-18(8-9-20-6-4-3-5-7-20)19(2)28-16-21(31)17-35-22-10-12-23(13-11-22)36(32,33)29-30-14-15-34-25(27)24(30)26/h3-7,10-13,18-19,21,24-25,28-29,31H,8-9,14-17H2,1-2H3/t18?,19?,21-,24?,25?/m1/s1. The first-order valence-corrected chi connectivity index (χ1v) is 14.4. The highest BCUT2D eigenvalue weighted by Gasteiger charge is 2.32. The number of aryl methyl sites for hydroxylation is 1. The Morgan fingerprint density at radius 2 is 1.83 bits per heavy atom. The van der Waals surface area contributed by atoms with E-state index in [2.05, 4.69) is 48.3 Å². The van der Waals surface area contributed by atoms with Crippen LogP contribution in [0.15, 0.2) is 59.5 Å². The molecule has 200 valence electrons. The zero-order valence-electron chi connectivity index (χ0n) is 20.5. The Labute approximate surface area is 223 Å². The van der Waals surface area contributed by atoms with Gasteiger partial charge < -0.3 is 19.9 Å². The predicted molar refractivity (Wildman–Crippen MR) is 142 cm³/mol. The van der Waals surface area contributed by atoms with Crippen molar-refractivity contribution in [3.05, 3.63) is 60.2 Å². The summed E-state index contributed by atoms with van der Waals surface area (Å²) in [5.74, 6) is 0.906. The summed E-state index contributed by atoms with van der Waals surface area (Å²) in [6, 6.07) is 16.6. The SMILES string of the molecule is CC(CCc1ccccc1)C(C)NC[C@@H](O)COc1ccc(S(=O)(=O)NN2CCOC(Cl)C2Cl)cc1. The Bertz CT molecular complexity index is 1030. The average molecular weight is 561 g/mol. The quantitative estimate of drug-likeness (QED) is 0.255. The van der Waals surface area contributed by atoms with Crippen LogP contribution in [-0.4, -0.2) is 68.0 Å². The molecule has 1 aliphatic rings. The van der Waals surface area contributed by atoms with Crippen LogP contribution in [-0.2, 0) is 21.2 Å². The summed E-state index contributed by atoms with van der Waals surface area (Å²) < 4.78 is 36.2. The molecule has 11 heteroatoms. The van der Waals surface area contributed by atoms with Crippen molar-refractivity contribution in [2.45, 2.75) is 54.8 Å². The van der Waals surface area contributed by atoms with Crippen LogP contribution in [0.4, 0.5) is 0 Å². The van der Waals surface area contributed by atoms with Gasteiger partial charge in [-0.3, -0.25) is 0 Å². The molecule has 3 rings (SSSR count). The number of aliphatic hydroxyl groups excluding tert-OH is 1. The van der Waals surface area contributed by atoms with Gasteiger partial charge in [-0.15, -0.1) is 4.83 Å². The van der Waals surface area contributed by atoms with Crippen LogP contribution in [0.3, 0.4) is 0 Å². The first-order chi connectivity index (χ1) is 17.2. The molecule has 1 fully saturated rings. The van der Waals surface area contributed by atoms with Gasteiger partial charge in [0, 0.05) is 19.1 Å². The lowest BCUT2D eigenvalue weighted by Crippen LogP contribution is -2.54. The topological polar surface area (TPSA) is 100 Å². The monoisotopic (exact) mass is 559 g/mol. The molecule has 5 atom stereocenters. The van der Waals surface area contributed by atoms with Crippen LogP contribution >= 0.6 is 23.2 Å². The maximum Gasteiger partial charge on any atom is 0.253 e. The second-order valence-electron chi connectivity index (χ2n) is 9.02. The third kappa shape index (κ3) is 8.85. The van der Waals surface area contributed by atoms with Crippen LogP contribution in [0.1, 0.15) is 25.8 Å². The maximum absolute atomic E-state index is 12.7. The Balaban J connectivity index is 1.40. The van der Waals surface area contributed by atoms with Gasteiger partial charge in [-0.25, -0.2) is 13.4 Å². The lowest BCUT2D eigenvalue weighted by Gasteiger charge is -2.34. The fraction of sp³-hybridized carbons (Fsp3) is 0.520. The van der Waals surface area contributed by atoms with Crippen molar-refractivity contribution >= 4 is 33.2 Å². The molecule has 0 amide bonds. The smallest absolute Gasteiger partial charge is 0.253 e. The highest BCUT2D eigenvalue weighted by Crippen LogP contribution is 2.22. The molecule has 1 aliphatic heterocycles. The molecule has 1 saturated heterocycles. The van der Waals surface area contributed by atoms with Crippen molar-refractivity contribution in [2.75, 3.05) is 26.3 Å². The number of hydrazine groups is 1. The minimum absolute atomic E-state index is 0.0526. The van der Waals surface area contributed by atoms with E-state index in [1.54, 1.807) is 12.1 Å². The first kappa shape index (κ1) is 29.1. The van der Waals surface area contributed by atoms with E-state index in [4.69, 9.17) is 32.7 Å². The number of halogens is 2.